The first-order valence-electron chi connectivity index (χ1n) is 5.06. The highest BCUT2D eigenvalue weighted by molar-refractivity contribution is 5.95. The second-order valence-electron chi connectivity index (χ2n) is 3.50. The van der Waals surface area contributed by atoms with E-state index in [0.717, 1.165) is 5.57 Å². The molecule has 0 atom stereocenters. The summed E-state index contributed by atoms with van der Waals surface area (Å²) in [6, 6.07) is 3.30. The lowest BCUT2D eigenvalue weighted by Gasteiger charge is -2.15. The number of allylic oxidation sites excluding steroid dienone is 1. The Morgan fingerprint density at radius 2 is 1.82 bits per heavy atom. The van der Waals surface area contributed by atoms with Crippen LogP contribution in [-0.2, 0) is 4.74 Å². The van der Waals surface area contributed by atoms with Crippen molar-refractivity contribution in [1.29, 1.82) is 0 Å². The van der Waals surface area contributed by atoms with Gasteiger partial charge in [-0.15, -0.1) is 0 Å². The molecule has 4 nitrogen and oxygen atoms in total. The molecular formula is C13H16O4. The van der Waals surface area contributed by atoms with Crippen LogP contribution in [0.2, 0.25) is 0 Å². The van der Waals surface area contributed by atoms with E-state index in [0.29, 0.717) is 22.6 Å². The Bertz CT molecular complexity index is 449. The Labute approximate surface area is 101 Å². The molecule has 17 heavy (non-hydrogen) atoms. The Morgan fingerprint density at radius 3 is 2.24 bits per heavy atom. The highest BCUT2D eigenvalue weighted by atomic mass is 16.5. The third kappa shape index (κ3) is 2.41. The maximum Gasteiger partial charge on any atom is 0.341 e. The molecule has 0 aliphatic carbocycles. The number of hydrogen-bond donors (Lipinski definition) is 0. The summed E-state index contributed by atoms with van der Waals surface area (Å²) >= 11 is 0. The third-order valence-electron chi connectivity index (χ3n) is 2.38. The zero-order valence-electron chi connectivity index (χ0n) is 10.5. The maximum atomic E-state index is 11.6. The molecule has 0 bridgehead atoms. The van der Waals surface area contributed by atoms with Crippen molar-refractivity contribution in [3.63, 3.8) is 0 Å². The fourth-order valence-corrected chi connectivity index (χ4v) is 1.62. The fourth-order valence-electron chi connectivity index (χ4n) is 1.62. The van der Waals surface area contributed by atoms with Gasteiger partial charge in [0.1, 0.15) is 17.1 Å². The van der Waals surface area contributed by atoms with Crippen LogP contribution in [0.15, 0.2) is 18.7 Å². The van der Waals surface area contributed by atoms with Gasteiger partial charge in [-0.3, -0.25) is 0 Å². The maximum absolute atomic E-state index is 11.6. The number of esters is 1. The zero-order valence-corrected chi connectivity index (χ0v) is 10.5. The van der Waals surface area contributed by atoms with Gasteiger partial charge in [0.05, 0.1) is 26.9 Å². The molecule has 0 saturated heterocycles. The lowest BCUT2D eigenvalue weighted by Crippen LogP contribution is -2.06. The first-order chi connectivity index (χ1) is 8.06. The monoisotopic (exact) mass is 236 g/mol. The summed E-state index contributed by atoms with van der Waals surface area (Å²) in [6.45, 7) is 5.68. The van der Waals surface area contributed by atoms with Crippen LogP contribution in [0.1, 0.15) is 22.8 Å². The Balaban J connectivity index is 3.51. The quantitative estimate of drug-likeness (QED) is 0.753. The highest BCUT2D eigenvalue weighted by Crippen LogP contribution is 2.37. The molecule has 0 radical (unpaired) electrons. The first kappa shape index (κ1) is 13.1. The normalized spacial score (nSPS) is 9.65. The van der Waals surface area contributed by atoms with E-state index in [-0.39, 0.29) is 0 Å². The number of carbonyl (C=O) groups excluding carboxylic acids is 1. The van der Waals surface area contributed by atoms with E-state index in [2.05, 4.69) is 6.58 Å². The molecule has 1 aromatic carbocycles. The number of methoxy groups -OCH3 is 3. The summed E-state index contributed by atoms with van der Waals surface area (Å²) in [5.41, 5.74) is 1.79. The van der Waals surface area contributed by atoms with Gasteiger partial charge in [0, 0.05) is 0 Å². The molecule has 0 heterocycles. The van der Waals surface area contributed by atoms with Crippen LogP contribution in [0.4, 0.5) is 0 Å². The summed E-state index contributed by atoms with van der Waals surface area (Å²) in [7, 11) is 4.37. The molecule has 4 heteroatoms. The van der Waals surface area contributed by atoms with Crippen molar-refractivity contribution in [3.8, 4) is 11.5 Å². The van der Waals surface area contributed by atoms with Crippen molar-refractivity contribution in [2.45, 2.75) is 6.92 Å². The summed E-state index contributed by atoms with van der Waals surface area (Å²) in [4.78, 5) is 11.6. The first-order valence-corrected chi connectivity index (χ1v) is 5.06. The van der Waals surface area contributed by atoms with E-state index < -0.39 is 5.97 Å². The number of benzene rings is 1. The standard InChI is InChI=1S/C13H16O4/c1-8(2)11-10(15-3)7-6-9(12(11)16-4)13(14)17-5/h6-7H,1H2,2-5H3. The summed E-state index contributed by atoms with van der Waals surface area (Å²) in [6.07, 6.45) is 0. The molecule has 0 unspecified atom stereocenters. The number of rotatable bonds is 4. The second kappa shape index (κ2) is 5.39. The molecule has 0 spiro atoms. The minimum atomic E-state index is -0.452. The highest BCUT2D eigenvalue weighted by Gasteiger charge is 2.20. The van der Waals surface area contributed by atoms with Gasteiger partial charge in [0.15, 0.2) is 0 Å². The van der Waals surface area contributed by atoms with Gasteiger partial charge in [-0.1, -0.05) is 6.58 Å². The molecule has 92 valence electrons. The average molecular weight is 236 g/mol. The molecule has 0 aliphatic heterocycles. The van der Waals surface area contributed by atoms with E-state index in [1.165, 1.54) is 14.2 Å². The minimum absolute atomic E-state index is 0.355. The van der Waals surface area contributed by atoms with Crippen LogP contribution in [-0.4, -0.2) is 27.3 Å². The summed E-state index contributed by atoms with van der Waals surface area (Å²) < 4.78 is 15.2. The van der Waals surface area contributed by atoms with E-state index in [9.17, 15) is 4.79 Å². The molecule has 0 aliphatic rings. The van der Waals surface area contributed by atoms with Crippen molar-refractivity contribution in [1.82, 2.24) is 0 Å². The molecule has 0 aromatic heterocycles. The smallest absolute Gasteiger partial charge is 0.341 e. The van der Waals surface area contributed by atoms with E-state index in [4.69, 9.17) is 14.2 Å². The minimum Gasteiger partial charge on any atom is -0.496 e. The van der Waals surface area contributed by atoms with Crippen LogP contribution in [0, 0.1) is 0 Å². The molecule has 0 fully saturated rings. The van der Waals surface area contributed by atoms with Crippen molar-refractivity contribution in [2.75, 3.05) is 21.3 Å². The molecular weight excluding hydrogens is 220 g/mol. The Hall–Kier alpha value is -1.97. The van der Waals surface area contributed by atoms with E-state index >= 15 is 0 Å². The van der Waals surface area contributed by atoms with Crippen LogP contribution in [0.5, 0.6) is 11.5 Å². The van der Waals surface area contributed by atoms with E-state index in [1.54, 1.807) is 19.2 Å². The van der Waals surface area contributed by atoms with Crippen LogP contribution in [0.3, 0.4) is 0 Å². The lowest BCUT2D eigenvalue weighted by molar-refractivity contribution is 0.0597. The largest absolute Gasteiger partial charge is 0.496 e. The predicted octanol–water partition coefficient (Wildman–Crippen LogP) is 2.52. The van der Waals surface area contributed by atoms with Gasteiger partial charge in [0.2, 0.25) is 0 Å². The number of carbonyl (C=O) groups is 1. The van der Waals surface area contributed by atoms with Crippen molar-refractivity contribution < 1.29 is 19.0 Å². The second-order valence-corrected chi connectivity index (χ2v) is 3.50. The third-order valence-corrected chi connectivity index (χ3v) is 2.38. The van der Waals surface area contributed by atoms with Crippen LogP contribution < -0.4 is 9.47 Å². The van der Waals surface area contributed by atoms with Crippen molar-refractivity contribution in [2.24, 2.45) is 0 Å². The topological polar surface area (TPSA) is 44.8 Å². The predicted molar refractivity (Wildman–Crippen MR) is 65.6 cm³/mol. The molecule has 1 aromatic rings. The lowest BCUT2D eigenvalue weighted by atomic mass is 10.0. The van der Waals surface area contributed by atoms with Gasteiger partial charge < -0.3 is 14.2 Å². The average Bonchev–Trinajstić information content (AvgIpc) is 2.35. The molecule has 0 saturated carbocycles. The zero-order chi connectivity index (χ0) is 13.0. The fraction of sp³-hybridized carbons (Fsp3) is 0.308. The van der Waals surface area contributed by atoms with E-state index in [1.807, 2.05) is 6.92 Å². The van der Waals surface area contributed by atoms with Crippen molar-refractivity contribution in [3.05, 3.63) is 29.8 Å². The van der Waals surface area contributed by atoms with Gasteiger partial charge in [-0.2, -0.15) is 0 Å². The Kier molecular flexibility index (Phi) is 4.15. The van der Waals surface area contributed by atoms with Crippen LogP contribution in [0.25, 0.3) is 5.57 Å². The molecule has 1 rings (SSSR count). The Morgan fingerprint density at radius 1 is 1.18 bits per heavy atom. The number of ether oxygens (including phenoxy) is 3. The summed E-state index contributed by atoms with van der Waals surface area (Å²) in [5, 5.41) is 0. The SMILES string of the molecule is C=C(C)c1c(OC)ccc(C(=O)OC)c1OC. The number of hydrogen-bond acceptors (Lipinski definition) is 4. The van der Waals surface area contributed by atoms with Gasteiger partial charge in [-0.25, -0.2) is 4.79 Å². The van der Waals surface area contributed by atoms with Gasteiger partial charge in [-0.05, 0) is 24.6 Å². The molecule has 0 N–H and O–H groups in total. The summed E-state index contributed by atoms with van der Waals surface area (Å²) in [5.74, 6) is 0.581. The van der Waals surface area contributed by atoms with Crippen molar-refractivity contribution >= 4 is 11.5 Å². The van der Waals surface area contributed by atoms with Crippen LogP contribution >= 0.6 is 0 Å². The van der Waals surface area contributed by atoms with Gasteiger partial charge >= 0.3 is 5.97 Å². The molecule has 0 amide bonds. The van der Waals surface area contributed by atoms with Gasteiger partial charge in [0.25, 0.3) is 0 Å².